The van der Waals surface area contributed by atoms with Crippen molar-refractivity contribution in [1.29, 1.82) is 5.41 Å². The molecule has 1 heterocycles. The third kappa shape index (κ3) is 5.04. The Bertz CT molecular complexity index is 845. The highest BCUT2D eigenvalue weighted by molar-refractivity contribution is 7.17. The van der Waals surface area contributed by atoms with Gasteiger partial charge < -0.3 is 20.1 Å². The van der Waals surface area contributed by atoms with Gasteiger partial charge in [-0.25, -0.2) is 9.78 Å². The normalized spacial score (nSPS) is 11.0. The Balaban J connectivity index is 2.04. The standard InChI is InChI=1S/C18H22N4O4S/c1-18(2,16(24)25-4)10-22(3)17-21-9-13(27-17)15(23)26-12-7-5-11(6-8-12)14(19)20/h5-9H,10H2,1-4H3,(H3,19,20). The van der Waals surface area contributed by atoms with Crippen LogP contribution in [-0.4, -0.2) is 43.5 Å². The molecule has 144 valence electrons. The number of benzene rings is 1. The number of rotatable bonds is 7. The molecule has 9 heteroatoms. The zero-order valence-electron chi connectivity index (χ0n) is 15.6. The molecule has 0 spiro atoms. The van der Waals surface area contributed by atoms with Crippen molar-refractivity contribution in [3.05, 3.63) is 40.9 Å². The highest BCUT2D eigenvalue weighted by atomic mass is 32.1. The fourth-order valence-electron chi connectivity index (χ4n) is 2.40. The van der Waals surface area contributed by atoms with Gasteiger partial charge >= 0.3 is 11.9 Å². The lowest BCUT2D eigenvalue weighted by Crippen LogP contribution is -2.38. The van der Waals surface area contributed by atoms with Crippen molar-refractivity contribution in [3.63, 3.8) is 0 Å². The number of thiazole rings is 1. The first-order valence-corrected chi connectivity index (χ1v) is 8.87. The molecular formula is C18H22N4O4S. The molecule has 0 radical (unpaired) electrons. The van der Waals surface area contributed by atoms with Gasteiger partial charge in [0.15, 0.2) is 5.13 Å². The van der Waals surface area contributed by atoms with Crippen LogP contribution in [0.25, 0.3) is 0 Å². The summed E-state index contributed by atoms with van der Waals surface area (Å²) in [4.78, 5) is 30.5. The molecule has 0 unspecified atom stereocenters. The zero-order chi connectivity index (χ0) is 20.2. The SMILES string of the molecule is COC(=O)C(C)(C)CN(C)c1ncc(C(=O)Oc2ccc(C(=N)N)cc2)s1. The number of aromatic nitrogens is 1. The van der Waals surface area contributed by atoms with Crippen LogP contribution in [0.2, 0.25) is 0 Å². The third-order valence-corrected chi connectivity index (χ3v) is 4.86. The lowest BCUT2D eigenvalue weighted by atomic mass is 9.93. The number of carbonyl (C=O) groups excluding carboxylic acids is 2. The molecule has 0 saturated carbocycles. The summed E-state index contributed by atoms with van der Waals surface area (Å²) in [6, 6.07) is 6.35. The van der Waals surface area contributed by atoms with Crippen molar-refractivity contribution in [3.8, 4) is 5.75 Å². The van der Waals surface area contributed by atoms with E-state index in [0.717, 1.165) is 0 Å². The Kier molecular flexibility index (Phi) is 6.17. The maximum Gasteiger partial charge on any atom is 0.355 e. The van der Waals surface area contributed by atoms with E-state index in [1.807, 2.05) is 0 Å². The van der Waals surface area contributed by atoms with Gasteiger partial charge in [0.1, 0.15) is 16.5 Å². The number of hydrogen-bond acceptors (Lipinski definition) is 8. The topological polar surface area (TPSA) is 119 Å². The summed E-state index contributed by atoms with van der Waals surface area (Å²) >= 11 is 1.17. The summed E-state index contributed by atoms with van der Waals surface area (Å²) in [5, 5.41) is 7.94. The third-order valence-electron chi connectivity index (χ3n) is 3.77. The molecule has 0 aliphatic heterocycles. The van der Waals surface area contributed by atoms with Crippen molar-refractivity contribution in [2.45, 2.75) is 13.8 Å². The minimum Gasteiger partial charge on any atom is -0.469 e. The van der Waals surface area contributed by atoms with Crippen molar-refractivity contribution in [2.75, 3.05) is 25.6 Å². The Labute approximate surface area is 161 Å². The van der Waals surface area contributed by atoms with Gasteiger partial charge in [0.2, 0.25) is 0 Å². The second-order valence-electron chi connectivity index (χ2n) is 6.57. The van der Waals surface area contributed by atoms with Crippen molar-refractivity contribution >= 4 is 34.2 Å². The molecule has 1 aromatic heterocycles. The smallest absolute Gasteiger partial charge is 0.355 e. The molecule has 1 aromatic carbocycles. The van der Waals surface area contributed by atoms with E-state index in [1.165, 1.54) is 24.6 Å². The molecule has 0 bridgehead atoms. The Morgan fingerprint density at radius 3 is 2.48 bits per heavy atom. The average Bonchev–Trinajstić information content (AvgIpc) is 3.11. The number of hydrogen-bond donors (Lipinski definition) is 2. The monoisotopic (exact) mass is 390 g/mol. The van der Waals surface area contributed by atoms with E-state index in [-0.39, 0.29) is 11.8 Å². The minimum atomic E-state index is -0.714. The lowest BCUT2D eigenvalue weighted by Gasteiger charge is -2.27. The van der Waals surface area contributed by atoms with Crippen LogP contribution in [0.5, 0.6) is 5.75 Å². The number of ether oxygens (including phenoxy) is 2. The van der Waals surface area contributed by atoms with E-state index in [1.54, 1.807) is 50.1 Å². The number of anilines is 1. The summed E-state index contributed by atoms with van der Waals surface area (Å²) < 4.78 is 10.1. The van der Waals surface area contributed by atoms with E-state index in [0.29, 0.717) is 27.9 Å². The van der Waals surface area contributed by atoms with Crippen molar-refractivity contribution < 1.29 is 19.1 Å². The molecule has 0 fully saturated rings. The molecule has 2 rings (SSSR count). The first-order chi connectivity index (χ1) is 12.6. The number of amidine groups is 1. The zero-order valence-corrected chi connectivity index (χ0v) is 16.4. The summed E-state index contributed by atoms with van der Waals surface area (Å²) in [5.74, 6) is -0.562. The van der Waals surface area contributed by atoms with Crippen LogP contribution >= 0.6 is 11.3 Å². The molecular weight excluding hydrogens is 368 g/mol. The van der Waals surface area contributed by atoms with E-state index < -0.39 is 11.4 Å². The Hall–Kier alpha value is -2.94. The summed E-state index contributed by atoms with van der Waals surface area (Å²) in [6.07, 6.45) is 1.44. The first-order valence-electron chi connectivity index (χ1n) is 8.06. The predicted molar refractivity (Wildman–Crippen MR) is 104 cm³/mol. The lowest BCUT2D eigenvalue weighted by molar-refractivity contribution is -0.150. The van der Waals surface area contributed by atoms with E-state index in [2.05, 4.69) is 4.98 Å². The van der Waals surface area contributed by atoms with E-state index >= 15 is 0 Å². The van der Waals surface area contributed by atoms with Gasteiger partial charge in [0.25, 0.3) is 0 Å². The van der Waals surface area contributed by atoms with Gasteiger partial charge in [0.05, 0.1) is 18.7 Å². The van der Waals surface area contributed by atoms with Crippen molar-refractivity contribution in [2.24, 2.45) is 11.1 Å². The van der Waals surface area contributed by atoms with Crippen LogP contribution in [0.1, 0.15) is 29.1 Å². The summed E-state index contributed by atoms with van der Waals surface area (Å²) in [7, 11) is 3.14. The molecule has 0 atom stereocenters. The Morgan fingerprint density at radius 1 is 1.30 bits per heavy atom. The molecule has 0 aliphatic carbocycles. The number of carbonyl (C=O) groups is 2. The number of nitrogens with zero attached hydrogens (tertiary/aromatic N) is 2. The van der Waals surface area contributed by atoms with Crippen LogP contribution < -0.4 is 15.4 Å². The van der Waals surface area contributed by atoms with Crippen LogP contribution in [0.15, 0.2) is 30.5 Å². The van der Waals surface area contributed by atoms with Crippen LogP contribution in [0.3, 0.4) is 0 Å². The van der Waals surface area contributed by atoms with Gasteiger partial charge in [-0.1, -0.05) is 11.3 Å². The van der Waals surface area contributed by atoms with Gasteiger partial charge in [-0.2, -0.15) is 0 Å². The summed E-state index contributed by atoms with van der Waals surface area (Å²) in [6.45, 7) is 3.94. The Morgan fingerprint density at radius 2 is 1.93 bits per heavy atom. The number of nitrogens with two attached hydrogens (primary N) is 1. The van der Waals surface area contributed by atoms with Gasteiger partial charge in [-0.15, -0.1) is 0 Å². The highest BCUT2D eigenvalue weighted by Gasteiger charge is 2.31. The number of nitrogen functional groups attached to an aromatic ring is 1. The maximum atomic E-state index is 12.3. The van der Waals surface area contributed by atoms with E-state index in [9.17, 15) is 9.59 Å². The number of esters is 2. The minimum absolute atomic E-state index is 0.0575. The predicted octanol–water partition coefficient (Wildman–Crippen LogP) is 2.28. The maximum absolute atomic E-state index is 12.3. The van der Waals surface area contributed by atoms with Crippen LogP contribution in [0, 0.1) is 10.8 Å². The highest BCUT2D eigenvalue weighted by Crippen LogP contribution is 2.27. The number of nitrogens with one attached hydrogen (secondary N) is 1. The summed E-state index contributed by atoms with van der Waals surface area (Å²) in [5.41, 5.74) is 5.23. The first kappa shape index (κ1) is 20.4. The van der Waals surface area contributed by atoms with Crippen molar-refractivity contribution in [1.82, 2.24) is 4.98 Å². The largest absolute Gasteiger partial charge is 0.469 e. The molecule has 0 aliphatic rings. The molecule has 2 aromatic rings. The quantitative estimate of drug-likeness (QED) is 0.322. The fourth-order valence-corrected chi connectivity index (χ4v) is 3.15. The molecule has 0 amide bonds. The number of methoxy groups -OCH3 is 1. The van der Waals surface area contributed by atoms with Gasteiger partial charge in [0, 0.05) is 19.2 Å². The van der Waals surface area contributed by atoms with Gasteiger partial charge in [-0.3, -0.25) is 10.2 Å². The van der Waals surface area contributed by atoms with E-state index in [4.69, 9.17) is 20.6 Å². The second-order valence-corrected chi connectivity index (χ2v) is 7.58. The van der Waals surface area contributed by atoms with Crippen LogP contribution in [-0.2, 0) is 9.53 Å². The fraction of sp³-hybridized carbons (Fsp3) is 0.333. The molecule has 0 saturated heterocycles. The molecule has 27 heavy (non-hydrogen) atoms. The second kappa shape index (κ2) is 8.17. The molecule has 8 nitrogen and oxygen atoms in total. The molecule has 3 N–H and O–H groups in total. The van der Waals surface area contributed by atoms with Crippen LogP contribution in [0.4, 0.5) is 5.13 Å². The van der Waals surface area contributed by atoms with Gasteiger partial charge in [-0.05, 0) is 38.1 Å². The average molecular weight is 390 g/mol.